The van der Waals surface area contributed by atoms with Crippen molar-refractivity contribution in [3.05, 3.63) is 48.0 Å². The van der Waals surface area contributed by atoms with E-state index in [2.05, 4.69) is 15.0 Å². The van der Waals surface area contributed by atoms with Crippen LogP contribution < -0.4 is 5.73 Å². The van der Waals surface area contributed by atoms with Gasteiger partial charge in [0.25, 0.3) is 11.8 Å². The Morgan fingerprint density at radius 3 is 2.47 bits per heavy atom. The molecule has 2 aliphatic heterocycles. The molecule has 0 aliphatic carbocycles. The van der Waals surface area contributed by atoms with Gasteiger partial charge in [0.2, 0.25) is 0 Å². The van der Waals surface area contributed by atoms with Gasteiger partial charge in [0.05, 0.1) is 24.1 Å². The number of carbonyl (C=O) groups is 2. The minimum absolute atomic E-state index is 0.231. The number of aliphatic hydroxyl groups is 2. The zero-order valence-electron chi connectivity index (χ0n) is 19.6. The molecule has 36 heavy (non-hydrogen) atoms. The van der Waals surface area contributed by atoms with Crippen LogP contribution in [0.15, 0.2) is 36.9 Å². The molecule has 1 aromatic carbocycles. The minimum Gasteiger partial charge on any atom is -0.394 e. The van der Waals surface area contributed by atoms with Crippen LogP contribution >= 0.6 is 0 Å². The molecule has 4 heterocycles. The highest BCUT2D eigenvalue weighted by Crippen LogP contribution is 2.34. The molecule has 2 aliphatic rings. The second-order valence-electron chi connectivity index (χ2n) is 8.88. The number of fused-ring (bicyclic) bond motifs is 2. The number of aliphatic hydroxyl groups excluding tert-OH is 2. The van der Waals surface area contributed by atoms with Crippen LogP contribution in [0, 0.1) is 0 Å². The van der Waals surface area contributed by atoms with Gasteiger partial charge in [-0.05, 0) is 25.0 Å². The summed E-state index contributed by atoms with van der Waals surface area (Å²) < 4.78 is 13.5. The molecule has 2 unspecified atom stereocenters. The highest BCUT2D eigenvalue weighted by Gasteiger charge is 2.45. The van der Waals surface area contributed by atoms with E-state index in [1.54, 1.807) is 28.8 Å². The van der Waals surface area contributed by atoms with Crippen LogP contribution in [0.5, 0.6) is 0 Å². The van der Waals surface area contributed by atoms with Crippen LogP contribution in [0.1, 0.15) is 52.6 Å². The third-order valence-corrected chi connectivity index (χ3v) is 6.62. The van der Waals surface area contributed by atoms with Crippen molar-refractivity contribution in [3.63, 3.8) is 0 Å². The molecule has 2 amide bonds. The van der Waals surface area contributed by atoms with Gasteiger partial charge >= 0.3 is 0 Å². The quantitative estimate of drug-likeness (QED) is 0.271. The number of nitrogen functional groups attached to an aromatic ring is 1. The molecule has 4 atom stereocenters. The summed E-state index contributed by atoms with van der Waals surface area (Å²) in [5.74, 6) is -0.245. The van der Waals surface area contributed by atoms with E-state index >= 15 is 0 Å². The van der Waals surface area contributed by atoms with Crippen LogP contribution in [-0.2, 0) is 9.47 Å². The molecule has 0 spiro atoms. The van der Waals surface area contributed by atoms with Crippen molar-refractivity contribution >= 4 is 28.8 Å². The molecule has 190 valence electrons. The second kappa shape index (κ2) is 10.3. The molecular formula is C24H28N6O6. The lowest BCUT2D eigenvalue weighted by atomic mass is 10.1. The van der Waals surface area contributed by atoms with Gasteiger partial charge in [-0.1, -0.05) is 25.0 Å². The number of aromatic nitrogens is 4. The Bertz CT molecular complexity index is 1230. The van der Waals surface area contributed by atoms with E-state index in [1.165, 1.54) is 17.6 Å². The number of hydrogen-bond acceptors (Lipinski definition) is 10. The highest BCUT2D eigenvalue weighted by atomic mass is 16.6. The second-order valence-corrected chi connectivity index (χ2v) is 8.88. The number of ether oxygens (including phenoxy) is 2. The number of rotatable bonds is 10. The summed E-state index contributed by atoms with van der Waals surface area (Å²) >= 11 is 0. The molecule has 1 saturated heterocycles. The number of nitrogens with two attached hydrogens (primary N) is 1. The summed E-state index contributed by atoms with van der Waals surface area (Å²) in [6, 6.07) is 6.87. The Hall–Kier alpha value is -3.45. The Morgan fingerprint density at radius 2 is 1.75 bits per heavy atom. The smallest absolute Gasteiger partial charge is 0.261 e. The predicted molar refractivity (Wildman–Crippen MR) is 127 cm³/mol. The lowest BCUT2D eigenvalue weighted by Crippen LogP contribution is -2.35. The van der Waals surface area contributed by atoms with Crippen molar-refractivity contribution in [2.75, 3.05) is 25.5 Å². The van der Waals surface area contributed by atoms with Gasteiger partial charge in [0.1, 0.15) is 30.2 Å². The van der Waals surface area contributed by atoms with Crippen LogP contribution in [-0.4, -0.2) is 84.5 Å². The number of unbranched alkanes of at least 4 members (excludes halogenated alkanes) is 3. The highest BCUT2D eigenvalue weighted by molar-refractivity contribution is 6.21. The summed E-state index contributed by atoms with van der Waals surface area (Å²) in [6.45, 7) is 0.372. The first-order valence-electron chi connectivity index (χ1n) is 12.0. The van der Waals surface area contributed by atoms with Crippen LogP contribution in [0.2, 0.25) is 0 Å². The summed E-state index contributed by atoms with van der Waals surface area (Å²) in [7, 11) is 0. The summed E-state index contributed by atoms with van der Waals surface area (Å²) in [6.07, 6.45) is 2.52. The van der Waals surface area contributed by atoms with Crippen molar-refractivity contribution in [1.82, 2.24) is 24.4 Å². The van der Waals surface area contributed by atoms with Gasteiger partial charge in [-0.15, -0.1) is 0 Å². The summed E-state index contributed by atoms with van der Waals surface area (Å²) in [5.41, 5.74) is 7.66. The molecular weight excluding hydrogens is 468 g/mol. The van der Waals surface area contributed by atoms with Gasteiger partial charge in [0.15, 0.2) is 17.7 Å². The lowest BCUT2D eigenvalue weighted by molar-refractivity contribution is -0.0711. The zero-order valence-corrected chi connectivity index (χ0v) is 19.6. The third-order valence-electron chi connectivity index (χ3n) is 6.62. The maximum Gasteiger partial charge on any atom is 0.261 e. The van der Waals surface area contributed by atoms with Crippen molar-refractivity contribution in [3.8, 4) is 0 Å². The maximum absolute atomic E-state index is 12.4. The number of hydrogen-bond donors (Lipinski definition) is 3. The van der Waals surface area contributed by atoms with Crippen molar-refractivity contribution in [2.24, 2.45) is 0 Å². The number of imidazole rings is 1. The van der Waals surface area contributed by atoms with Crippen molar-refractivity contribution in [2.45, 2.75) is 50.2 Å². The van der Waals surface area contributed by atoms with Gasteiger partial charge in [0, 0.05) is 13.2 Å². The zero-order chi connectivity index (χ0) is 25.2. The first kappa shape index (κ1) is 24.3. The number of imide groups is 1. The van der Waals surface area contributed by atoms with E-state index in [0.717, 1.165) is 12.8 Å². The molecule has 4 N–H and O–H groups in total. The Labute approximate surface area is 206 Å². The average Bonchev–Trinajstić information content (AvgIpc) is 3.53. The molecule has 3 aromatic rings. The van der Waals surface area contributed by atoms with E-state index in [4.69, 9.17) is 15.2 Å². The Morgan fingerprint density at radius 1 is 1.03 bits per heavy atom. The number of nitrogens with zero attached hydrogens (tertiary/aromatic N) is 5. The molecule has 2 aromatic heterocycles. The number of carbonyl (C=O) groups excluding carboxylic acids is 2. The first-order valence-corrected chi connectivity index (χ1v) is 12.0. The molecule has 0 bridgehead atoms. The van der Waals surface area contributed by atoms with E-state index in [0.29, 0.717) is 48.3 Å². The number of benzene rings is 1. The SMILES string of the molecule is Nc1ncnc2c1ncn2[C@@H]1O[C@H](CO)C(O)C1OCCCCCCN1C(=O)c2ccccc2C1=O. The Balaban J connectivity index is 1.11. The predicted octanol–water partition coefficient (Wildman–Crippen LogP) is 0.901. The summed E-state index contributed by atoms with van der Waals surface area (Å²) in [5, 5.41) is 20.3. The fourth-order valence-electron chi connectivity index (χ4n) is 4.72. The third kappa shape index (κ3) is 4.32. The van der Waals surface area contributed by atoms with Crippen LogP contribution in [0.25, 0.3) is 11.2 Å². The fraction of sp³-hybridized carbons (Fsp3) is 0.458. The van der Waals surface area contributed by atoms with E-state index < -0.39 is 24.5 Å². The van der Waals surface area contributed by atoms with E-state index in [1.807, 2.05) is 0 Å². The molecule has 5 rings (SSSR count). The molecule has 12 heteroatoms. The van der Waals surface area contributed by atoms with Crippen LogP contribution in [0.3, 0.4) is 0 Å². The molecule has 1 fully saturated rings. The first-order chi connectivity index (χ1) is 17.5. The topological polar surface area (TPSA) is 166 Å². The monoisotopic (exact) mass is 496 g/mol. The molecule has 12 nitrogen and oxygen atoms in total. The minimum atomic E-state index is -1.04. The standard InChI is InChI=1S/C24H28N6O6/c25-20-17-21(27-12-26-20)30(13-28-17)24-19(18(32)16(11-31)36-24)35-10-6-2-1-5-9-29-22(33)14-7-3-4-8-15(14)23(29)34/h3-4,7-8,12-13,16,18-19,24,31-32H,1-2,5-6,9-11H2,(H2,25,26,27)/t16-,18?,19?,24-/m1/s1. The lowest BCUT2D eigenvalue weighted by Gasteiger charge is -2.22. The van der Waals surface area contributed by atoms with Gasteiger partial charge in [-0.25, -0.2) is 15.0 Å². The normalized spacial score (nSPS) is 23.7. The summed E-state index contributed by atoms with van der Waals surface area (Å²) in [4.78, 5) is 38.6. The number of amides is 2. The van der Waals surface area contributed by atoms with Crippen LogP contribution in [0.4, 0.5) is 5.82 Å². The van der Waals surface area contributed by atoms with Gasteiger partial charge < -0.3 is 25.4 Å². The maximum atomic E-state index is 12.4. The van der Waals surface area contributed by atoms with E-state index in [9.17, 15) is 19.8 Å². The fourth-order valence-corrected chi connectivity index (χ4v) is 4.72. The molecule has 0 saturated carbocycles. The average molecular weight is 497 g/mol. The van der Waals surface area contributed by atoms with E-state index in [-0.39, 0.29) is 24.2 Å². The Kier molecular flexibility index (Phi) is 6.92. The van der Waals surface area contributed by atoms with Gasteiger partial charge in [-0.2, -0.15) is 0 Å². The van der Waals surface area contributed by atoms with Crippen molar-refractivity contribution < 1.29 is 29.3 Å². The van der Waals surface area contributed by atoms with Gasteiger partial charge in [-0.3, -0.25) is 19.1 Å². The number of anilines is 1. The largest absolute Gasteiger partial charge is 0.394 e. The van der Waals surface area contributed by atoms with Crippen molar-refractivity contribution in [1.29, 1.82) is 0 Å². The molecule has 0 radical (unpaired) electrons.